The molecule has 0 spiro atoms. The fraction of sp³-hybridized carbons (Fsp3) is 0.176. The Morgan fingerprint density at radius 3 is 2.55 bits per heavy atom. The van der Waals surface area contributed by atoms with Gasteiger partial charge in [-0.05, 0) is 12.1 Å². The van der Waals surface area contributed by atoms with Crippen LogP contribution >= 0.6 is 0 Å². The third-order valence-corrected chi connectivity index (χ3v) is 3.49. The third kappa shape index (κ3) is 2.35. The molecule has 0 saturated heterocycles. The van der Waals surface area contributed by atoms with Crippen LogP contribution in [0.25, 0.3) is 0 Å². The predicted octanol–water partition coefficient (Wildman–Crippen LogP) is 3.15. The number of hydrogen-bond donors (Lipinski definition) is 0. The van der Waals surface area contributed by atoms with Crippen LogP contribution in [0.15, 0.2) is 54.6 Å². The fourth-order valence-corrected chi connectivity index (χ4v) is 2.40. The lowest BCUT2D eigenvalue weighted by Crippen LogP contribution is -2.29. The summed E-state index contributed by atoms with van der Waals surface area (Å²) in [6.07, 6.45) is 0.192. The molecule has 0 aromatic heterocycles. The van der Waals surface area contributed by atoms with Gasteiger partial charge in [-0.15, -0.1) is 0 Å². The monoisotopic (exact) mass is 266 g/mol. The Kier molecular flexibility index (Phi) is 3.33. The zero-order valence-electron chi connectivity index (χ0n) is 10.9. The van der Waals surface area contributed by atoms with E-state index in [2.05, 4.69) is 0 Å². The van der Waals surface area contributed by atoms with E-state index in [0.29, 0.717) is 16.9 Å². The first-order valence-electron chi connectivity index (χ1n) is 6.60. The molecule has 100 valence electrons. The average Bonchev–Trinajstić information content (AvgIpc) is 2.51. The lowest BCUT2D eigenvalue weighted by molar-refractivity contribution is 0.0768. The number of ether oxygens (including phenoxy) is 1. The fourth-order valence-electron chi connectivity index (χ4n) is 2.40. The van der Waals surface area contributed by atoms with Gasteiger partial charge in [0.2, 0.25) is 0 Å². The number of carbonyl (C=O) groups is 2. The van der Waals surface area contributed by atoms with Crippen LogP contribution in [0.4, 0.5) is 0 Å². The summed E-state index contributed by atoms with van der Waals surface area (Å²) in [7, 11) is 0. The van der Waals surface area contributed by atoms with Gasteiger partial charge in [0.05, 0.1) is 18.1 Å². The summed E-state index contributed by atoms with van der Waals surface area (Å²) < 4.78 is 5.57. The van der Waals surface area contributed by atoms with Crippen molar-refractivity contribution < 1.29 is 14.3 Å². The second-order valence-electron chi connectivity index (χ2n) is 4.86. The summed E-state index contributed by atoms with van der Waals surface area (Å²) in [6.45, 7) is 0.272. The molecule has 0 N–H and O–H groups in total. The van der Waals surface area contributed by atoms with E-state index in [4.69, 9.17) is 4.74 Å². The van der Waals surface area contributed by atoms with Crippen molar-refractivity contribution in [1.29, 1.82) is 0 Å². The topological polar surface area (TPSA) is 43.4 Å². The highest BCUT2D eigenvalue weighted by molar-refractivity contribution is 6.05. The average molecular weight is 266 g/mol. The molecule has 0 fully saturated rings. The first-order valence-corrected chi connectivity index (χ1v) is 6.60. The molecule has 2 aromatic rings. The van der Waals surface area contributed by atoms with Crippen LogP contribution in [-0.4, -0.2) is 18.2 Å². The standard InChI is InChI=1S/C17H14O3/c18-15(12-6-2-1-3-7-12)10-13-11-20-16-9-5-4-8-14(16)17(13)19/h1-9,13H,10-11H2/t13-/m0/s1. The number of Topliss-reactive ketones (excluding diaryl/α,β-unsaturated/α-hetero) is 2. The molecule has 0 saturated carbocycles. The molecule has 1 atom stereocenters. The molecular formula is C17H14O3. The zero-order valence-corrected chi connectivity index (χ0v) is 10.9. The molecular weight excluding hydrogens is 252 g/mol. The van der Waals surface area contributed by atoms with Crippen molar-refractivity contribution in [3.8, 4) is 5.75 Å². The van der Waals surface area contributed by atoms with E-state index in [9.17, 15) is 9.59 Å². The van der Waals surface area contributed by atoms with E-state index in [1.54, 1.807) is 24.3 Å². The van der Waals surface area contributed by atoms with E-state index >= 15 is 0 Å². The molecule has 0 radical (unpaired) electrons. The van der Waals surface area contributed by atoms with E-state index in [1.165, 1.54) is 0 Å². The SMILES string of the molecule is O=C(C[C@H]1COc2ccccc2C1=O)c1ccccc1. The van der Waals surface area contributed by atoms with Gasteiger partial charge in [0, 0.05) is 12.0 Å². The van der Waals surface area contributed by atoms with Gasteiger partial charge >= 0.3 is 0 Å². The maximum Gasteiger partial charge on any atom is 0.173 e. The quantitative estimate of drug-likeness (QED) is 0.801. The lowest BCUT2D eigenvalue weighted by atomic mass is 9.89. The summed E-state index contributed by atoms with van der Waals surface area (Å²) >= 11 is 0. The molecule has 0 aliphatic carbocycles. The molecule has 0 bridgehead atoms. The van der Waals surface area contributed by atoms with Gasteiger partial charge < -0.3 is 4.74 Å². The summed E-state index contributed by atoms with van der Waals surface area (Å²) in [5.41, 5.74) is 1.21. The second-order valence-corrected chi connectivity index (χ2v) is 4.86. The molecule has 3 nitrogen and oxygen atoms in total. The molecule has 0 amide bonds. The highest BCUT2D eigenvalue weighted by Crippen LogP contribution is 2.28. The van der Waals surface area contributed by atoms with Crippen LogP contribution in [0.5, 0.6) is 5.75 Å². The molecule has 0 unspecified atom stereocenters. The Bertz CT molecular complexity index is 646. The Balaban J connectivity index is 1.77. The van der Waals surface area contributed by atoms with Crippen molar-refractivity contribution >= 4 is 11.6 Å². The van der Waals surface area contributed by atoms with E-state index < -0.39 is 5.92 Å². The third-order valence-electron chi connectivity index (χ3n) is 3.49. The van der Waals surface area contributed by atoms with Crippen molar-refractivity contribution in [2.75, 3.05) is 6.61 Å². The van der Waals surface area contributed by atoms with Crippen molar-refractivity contribution in [3.05, 3.63) is 65.7 Å². The lowest BCUT2D eigenvalue weighted by Gasteiger charge is -2.23. The first-order chi connectivity index (χ1) is 9.75. The Labute approximate surface area is 117 Å². The summed E-state index contributed by atoms with van der Waals surface area (Å²) in [5, 5.41) is 0. The molecule has 2 aromatic carbocycles. The van der Waals surface area contributed by atoms with Crippen LogP contribution in [-0.2, 0) is 0 Å². The Morgan fingerprint density at radius 1 is 1.05 bits per heavy atom. The number of para-hydroxylation sites is 1. The number of hydrogen-bond acceptors (Lipinski definition) is 3. The highest BCUT2D eigenvalue weighted by atomic mass is 16.5. The number of benzene rings is 2. The van der Waals surface area contributed by atoms with Gasteiger partial charge in [0.1, 0.15) is 5.75 Å². The number of fused-ring (bicyclic) bond motifs is 1. The summed E-state index contributed by atoms with van der Waals surface area (Å²) in [5.74, 6) is 0.196. The largest absolute Gasteiger partial charge is 0.492 e. The summed E-state index contributed by atoms with van der Waals surface area (Å²) in [6, 6.07) is 16.2. The van der Waals surface area contributed by atoms with Crippen molar-refractivity contribution in [2.45, 2.75) is 6.42 Å². The highest BCUT2D eigenvalue weighted by Gasteiger charge is 2.30. The van der Waals surface area contributed by atoms with E-state index in [-0.39, 0.29) is 24.6 Å². The first kappa shape index (κ1) is 12.6. The molecule has 1 heterocycles. The predicted molar refractivity (Wildman–Crippen MR) is 75.1 cm³/mol. The van der Waals surface area contributed by atoms with Gasteiger partial charge in [-0.1, -0.05) is 42.5 Å². The van der Waals surface area contributed by atoms with Gasteiger partial charge in [-0.2, -0.15) is 0 Å². The van der Waals surface area contributed by atoms with E-state index in [0.717, 1.165) is 0 Å². The van der Waals surface area contributed by atoms with Gasteiger partial charge in [0.15, 0.2) is 11.6 Å². The van der Waals surface area contributed by atoms with Crippen LogP contribution in [0.2, 0.25) is 0 Å². The van der Waals surface area contributed by atoms with Gasteiger partial charge in [-0.25, -0.2) is 0 Å². The van der Waals surface area contributed by atoms with Crippen LogP contribution in [0, 0.1) is 5.92 Å². The Morgan fingerprint density at radius 2 is 1.75 bits per heavy atom. The molecule has 1 aliphatic rings. The van der Waals surface area contributed by atoms with E-state index in [1.807, 2.05) is 30.3 Å². The number of rotatable bonds is 3. The molecule has 3 heteroatoms. The molecule has 20 heavy (non-hydrogen) atoms. The number of ketones is 2. The van der Waals surface area contributed by atoms with Crippen LogP contribution in [0.1, 0.15) is 27.1 Å². The van der Waals surface area contributed by atoms with Crippen LogP contribution in [0.3, 0.4) is 0 Å². The number of carbonyl (C=O) groups excluding carboxylic acids is 2. The minimum Gasteiger partial charge on any atom is -0.492 e. The van der Waals surface area contributed by atoms with Gasteiger partial charge in [-0.3, -0.25) is 9.59 Å². The molecule has 3 rings (SSSR count). The smallest absolute Gasteiger partial charge is 0.173 e. The van der Waals surface area contributed by atoms with Gasteiger partial charge in [0.25, 0.3) is 0 Å². The Hall–Kier alpha value is -2.42. The maximum atomic E-state index is 12.4. The second kappa shape index (κ2) is 5.29. The van der Waals surface area contributed by atoms with Crippen LogP contribution < -0.4 is 4.74 Å². The maximum absolute atomic E-state index is 12.4. The molecule has 1 aliphatic heterocycles. The van der Waals surface area contributed by atoms with Crippen molar-refractivity contribution in [2.24, 2.45) is 5.92 Å². The minimum absolute atomic E-state index is 0.00358. The zero-order chi connectivity index (χ0) is 13.9. The van der Waals surface area contributed by atoms with Crippen molar-refractivity contribution in [1.82, 2.24) is 0 Å². The normalized spacial score (nSPS) is 17.2. The van der Waals surface area contributed by atoms with Crippen molar-refractivity contribution in [3.63, 3.8) is 0 Å². The summed E-state index contributed by atoms with van der Waals surface area (Å²) in [4.78, 5) is 24.5. The minimum atomic E-state index is -0.391.